The normalized spacial score (nSPS) is 10.2. The Balaban J connectivity index is 1.67. The Morgan fingerprint density at radius 3 is 1.85 bits per heavy atom. The average molecular weight is 455 g/mol. The molecule has 0 unspecified atom stereocenters. The van der Waals surface area contributed by atoms with E-state index in [-0.39, 0.29) is 5.97 Å². The topological polar surface area (TPSA) is 88.1 Å². The molecule has 0 amide bonds. The number of unbranched alkanes of at least 4 members (excludes halogenated alkanes) is 3. The number of carbonyl (C=O) groups is 3. The van der Waals surface area contributed by atoms with Crippen LogP contribution in [0.15, 0.2) is 60.7 Å². The van der Waals surface area contributed by atoms with Crippen LogP contribution in [0.2, 0.25) is 0 Å². The van der Waals surface area contributed by atoms with Crippen molar-refractivity contribution >= 4 is 17.9 Å². The molecule has 0 spiro atoms. The first-order valence-electron chi connectivity index (χ1n) is 11.0. The second-order valence-electron chi connectivity index (χ2n) is 7.34. The summed E-state index contributed by atoms with van der Waals surface area (Å²) in [6, 6.07) is 12.9. The Kier molecular flexibility index (Phi) is 10.7. The quantitative estimate of drug-likeness (QED) is 0.179. The summed E-state index contributed by atoms with van der Waals surface area (Å²) in [5.74, 6) is -0.270. The van der Waals surface area contributed by atoms with Crippen molar-refractivity contribution in [1.29, 1.82) is 0 Å². The summed E-state index contributed by atoms with van der Waals surface area (Å²) in [5.41, 5.74) is 1.19. The predicted molar refractivity (Wildman–Crippen MR) is 124 cm³/mol. The molecule has 0 saturated carbocycles. The van der Waals surface area contributed by atoms with Crippen LogP contribution in [0.5, 0.6) is 11.5 Å². The van der Waals surface area contributed by atoms with Crippen LogP contribution >= 0.6 is 0 Å². The van der Waals surface area contributed by atoms with Crippen LogP contribution in [0.3, 0.4) is 0 Å². The van der Waals surface area contributed by atoms with Gasteiger partial charge in [0.1, 0.15) is 11.5 Å². The molecule has 0 aliphatic rings. The standard InChI is InChI=1S/C26H30O7/c1-4-30-25(28)20-11-15-23(16-12-20)33-26(29)21-9-13-22(14-10-21)31-17-7-5-6-8-18-32-24(27)19(2)3/h9-16H,2,4-8,17-18H2,1,3H3. The summed E-state index contributed by atoms with van der Waals surface area (Å²) < 4.78 is 21.0. The van der Waals surface area contributed by atoms with Crippen LogP contribution < -0.4 is 9.47 Å². The average Bonchev–Trinajstić information content (AvgIpc) is 2.81. The molecule has 0 aliphatic heterocycles. The number of rotatable bonds is 13. The maximum atomic E-state index is 12.3. The van der Waals surface area contributed by atoms with Gasteiger partial charge in [0.15, 0.2) is 0 Å². The van der Waals surface area contributed by atoms with E-state index < -0.39 is 11.9 Å². The molecule has 2 aromatic rings. The highest BCUT2D eigenvalue weighted by Crippen LogP contribution is 2.17. The van der Waals surface area contributed by atoms with Gasteiger partial charge in [0, 0.05) is 5.57 Å². The minimum absolute atomic E-state index is 0.296. The zero-order valence-corrected chi connectivity index (χ0v) is 19.1. The molecule has 0 aliphatic carbocycles. The number of hydrogen-bond acceptors (Lipinski definition) is 7. The van der Waals surface area contributed by atoms with Crippen LogP contribution in [0.1, 0.15) is 60.2 Å². The Morgan fingerprint density at radius 1 is 0.727 bits per heavy atom. The predicted octanol–water partition coefficient (Wildman–Crippen LogP) is 5.14. The summed E-state index contributed by atoms with van der Waals surface area (Å²) in [5, 5.41) is 0. The lowest BCUT2D eigenvalue weighted by atomic mass is 10.2. The lowest BCUT2D eigenvalue weighted by molar-refractivity contribution is -0.139. The van der Waals surface area contributed by atoms with Crippen molar-refractivity contribution < 1.29 is 33.3 Å². The van der Waals surface area contributed by atoms with E-state index in [1.165, 1.54) is 0 Å². The fourth-order valence-corrected chi connectivity index (χ4v) is 2.76. The monoisotopic (exact) mass is 454 g/mol. The van der Waals surface area contributed by atoms with Crippen molar-refractivity contribution in [2.24, 2.45) is 0 Å². The van der Waals surface area contributed by atoms with E-state index in [1.54, 1.807) is 62.4 Å². The highest BCUT2D eigenvalue weighted by atomic mass is 16.5. The van der Waals surface area contributed by atoms with E-state index in [9.17, 15) is 14.4 Å². The third-order valence-electron chi connectivity index (χ3n) is 4.56. The van der Waals surface area contributed by atoms with Crippen molar-refractivity contribution in [1.82, 2.24) is 0 Å². The fourth-order valence-electron chi connectivity index (χ4n) is 2.76. The van der Waals surface area contributed by atoms with Gasteiger partial charge in [-0.3, -0.25) is 0 Å². The zero-order valence-electron chi connectivity index (χ0n) is 19.1. The zero-order chi connectivity index (χ0) is 24.1. The van der Waals surface area contributed by atoms with Gasteiger partial charge in [0.2, 0.25) is 0 Å². The molecule has 7 nitrogen and oxygen atoms in total. The first-order valence-corrected chi connectivity index (χ1v) is 11.0. The van der Waals surface area contributed by atoms with E-state index in [0.29, 0.717) is 48.0 Å². The second kappa shape index (κ2) is 13.7. The van der Waals surface area contributed by atoms with Gasteiger partial charge in [-0.1, -0.05) is 6.58 Å². The lowest BCUT2D eigenvalue weighted by Gasteiger charge is -2.08. The molecule has 2 rings (SSSR count). The molecule has 2 aromatic carbocycles. The number of benzene rings is 2. The summed E-state index contributed by atoms with van der Waals surface area (Å²) in [4.78, 5) is 35.2. The van der Waals surface area contributed by atoms with E-state index in [4.69, 9.17) is 18.9 Å². The van der Waals surface area contributed by atoms with Crippen LogP contribution in [0, 0.1) is 0 Å². The number of ether oxygens (including phenoxy) is 4. The van der Waals surface area contributed by atoms with Gasteiger partial charge in [0.25, 0.3) is 0 Å². The van der Waals surface area contributed by atoms with Crippen molar-refractivity contribution in [3.63, 3.8) is 0 Å². The molecule has 0 saturated heterocycles. The van der Waals surface area contributed by atoms with Gasteiger partial charge in [-0.05, 0) is 88.1 Å². The van der Waals surface area contributed by atoms with Gasteiger partial charge in [-0.2, -0.15) is 0 Å². The Labute approximate surface area is 194 Å². The molecular formula is C26H30O7. The SMILES string of the molecule is C=C(C)C(=O)OCCCCCCOc1ccc(C(=O)Oc2ccc(C(=O)OCC)cc2)cc1. The Bertz CT molecular complexity index is 930. The first kappa shape index (κ1) is 25.6. The summed E-state index contributed by atoms with van der Waals surface area (Å²) in [6.45, 7) is 8.16. The molecule has 0 atom stereocenters. The molecule has 0 N–H and O–H groups in total. The Hall–Kier alpha value is -3.61. The molecule has 0 radical (unpaired) electrons. The molecule has 7 heteroatoms. The van der Waals surface area contributed by atoms with Gasteiger partial charge >= 0.3 is 17.9 Å². The summed E-state index contributed by atoms with van der Waals surface area (Å²) >= 11 is 0. The summed E-state index contributed by atoms with van der Waals surface area (Å²) in [6.07, 6.45) is 3.59. The van der Waals surface area contributed by atoms with Crippen LogP contribution in [0.4, 0.5) is 0 Å². The molecule has 0 bridgehead atoms. The minimum Gasteiger partial charge on any atom is -0.494 e. The highest BCUT2D eigenvalue weighted by molar-refractivity contribution is 5.92. The van der Waals surface area contributed by atoms with Gasteiger partial charge in [-0.15, -0.1) is 0 Å². The molecule has 33 heavy (non-hydrogen) atoms. The lowest BCUT2D eigenvalue weighted by Crippen LogP contribution is -2.09. The molecule has 176 valence electrons. The van der Waals surface area contributed by atoms with Crippen molar-refractivity contribution in [3.8, 4) is 11.5 Å². The van der Waals surface area contributed by atoms with Crippen LogP contribution in [-0.2, 0) is 14.3 Å². The third-order valence-corrected chi connectivity index (χ3v) is 4.56. The molecular weight excluding hydrogens is 424 g/mol. The van der Waals surface area contributed by atoms with Gasteiger partial charge in [0.05, 0.1) is 30.9 Å². The largest absolute Gasteiger partial charge is 0.494 e. The maximum absolute atomic E-state index is 12.3. The highest BCUT2D eigenvalue weighted by Gasteiger charge is 2.11. The smallest absolute Gasteiger partial charge is 0.343 e. The van der Waals surface area contributed by atoms with E-state index in [2.05, 4.69) is 6.58 Å². The number of esters is 3. The second-order valence-corrected chi connectivity index (χ2v) is 7.34. The van der Waals surface area contributed by atoms with Crippen LogP contribution in [-0.4, -0.2) is 37.7 Å². The van der Waals surface area contributed by atoms with Crippen LogP contribution in [0.25, 0.3) is 0 Å². The van der Waals surface area contributed by atoms with Crippen molar-refractivity contribution in [2.45, 2.75) is 39.5 Å². The maximum Gasteiger partial charge on any atom is 0.343 e. The Morgan fingerprint density at radius 2 is 1.27 bits per heavy atom. The first-order chi connectivity index (χ1) is 15.9. The molecule has 0 aromatic heterocycles. The molecule has 0 heterocycles. The third kappa shape index (κ3) is 9.19. The fraction of sp³-hybridized carbons (Fsp3) is 0.346. The van der Waals surface area contributed by atoms with Crippen molar-refractivity contribution in [3.05, 3.63) is 71.8 Å². The minimum atomic E-state index is -0.502. The van der Waals surface area contributed by atoms with Gasteiger partial charge in [-0.25, -0.2) is 14.4 Å². The van der Waals surface area contributed by atoms with E-state index in [0.717, 1.165) is 25.7 Å². The van der Waals surface area contributed by atoms with E-state index >= 15 is 0 Å². The van der Waals surface area contributed by atoms with E-state index in [1.807, 2.05) is 0 Å². The van der Waals surface area contributed by atoms with Crippen molar-refractivity contribution in [2.75, 3.05) is 19.8 Å². The summed E-state index contributed by atoms with van der Waals surface area (Å²) in [7, 11) is 0. The number of carbonyl (C=O) groups excluding carboxylic acids is 3. The number of hydrogen-bond donors (Lipinski definition) is 0. The van der Waals surface area contributed by atoms with Gasteiger partial charge < -0.3 is 18.9 Å². The molecule has 0 fully saturated rings.